The molecule has 24 heavy (non-hydrogen) atoms. The second kappa shape index (κ2) is 7.43. The number of nitrogens with zero attached hydrogens (tertiary/aromatic N) is 1. The fourth-order valence-electron chi connectivity index (χ4n) is 4.30. The average Bonchev–Trinajstić information content (AvgIpc) is 2.67. The summed E-state index contributed by atoms with van der Waals surface area (Å²) >= 11 is 0. The van der Waals surface area contributed by atoms with E-state index in [1.54, 1.807) is 29.9 Å². The summed E-state index contributed by atoms with van der Waals surface area (Å²) in [7, 11) is 0. The van der Waals surface area contributed by atoms with Crippen molar-refractivity contribution < 1.29 is 9.47 Å². The van der Waals surface area contributed by atoms with Gasteiger partial charge >= 0.3 is 0 Å². The maximum Gasteiger partial charge on any atom is 0.156 e. The molecular weight excluding hydrogens is 298 g/mol. The van der Waals surface area contributed by atoms with Crippen LogP contribution in [0.2, 0.25) is 0 Å². The van der Waals surface area contributed by atoms with Gasteiger partial charge in [-0.05, 0) is 51.4 Å². The highest BCUT2D eigenvalue weighted by molar-refractivity contribution is 5.25. The quantitative estimate of drug-likeness (QED) is 0.682. The van der Waals surface area contributed by atoms with Crippen molar-refractivity contribution >= 4 is 0 Å². The lowest BCUT2D eigenvalue weighted by Gasteiger charge is -2.39. The van der Waals surface area contributed by atoms with E-state index in [9.17, 15) is 0 Å². The van der Waals surface area contributed by atoms with E-state index in [1.807, 2.05) is 0 Å². The van der Waals surface area contributed by atoms with E-state index in [0.717, 1.165) is 31.7 Å². The van der Waals surface area contributed by atoms with Crippen molar-refractivity contribution in [1.82, 2.24) is 4.90 Å². The summed E-state index contributed by atoms with van der Waals surface area (Å²) in [4.78, 5) is 2.61. The fourth-order valence-corrected chi connectivity index (χ4v) is 4.30. The Morgan fingerprint density at radius 2 is 1.96 bits per heavy atom. The molecule has 2 aliphatic carbocycles. The third-order valence-electron chi connectivity index (χ3n) is 5.65. The molecular formula is C21H27NO2. The van der Waals surface area contributed by atoms with E-state index >= 15 is 0 Å². The Morgan fingerprint density at radius 3 is 2.75 bits per heavy atom. The predicted octanol–water partition coefficient (Wildman–Crippen LogP) is 4.96. The molecule has 4 rings (SSSR count). The zero-order valence-corrected chi connectivity index (χ0v) is 14.4. The van der Waals surface area contributed by atoms with Gasteiger partial charge < -0.3 is 9.47 Å². The highest BCUT2D eigenvalue weighted by Gasteiger charge is 2.30. The molecule has 1 atom stereocenters. The minimum atomic E-state index is 0.281. The lowest BCUT2D eigenvalue weighted by Crippen LogP contribution is -2.42. The average molecular weight is 325 g/mol. The summed E-state index contributed by atoms with van der Waals surface area (Å²) in [6.45, 7) is 2.24. The van der Waals surface area contributed by atoms with Crippen LogP contribution < -0.4 is 0 Å². The first-order chi connectivity index (χ1) is 11.9. The van der Waals surface area contributed by atoms with Crippen molar-refractivity contribution in [2.75, 3.05) is 13.1 Å². The first-order valence-electron chi connectivity index (χ1n) is 9.36. The van der Waals surface area contributed by atoms with Gasteiger partial charge in [-0.2, -0.15) is 0 Å². The van der Waals surface area contributed by atoms with E-state index < -0.39 is 0 Å². The van der Waals surface area contributed by atoms with Crippen LogP contribution in [0.15, 0.2) is 59.5 Å². The maximum absolute atomic E-state index is 5.82. The monoisotopic (exact) mass is 325 g/mol. The first-order valence-corrected chi connectivity index (χ1v) is 9.36. The van der Waals surface area contributed by atoms with Crippen LogP contribution in [0, 0.1) is 0 Å². The molecule has 3 nitrogen and oxygen atoms in total. The first kappa shape index (κ1) is 15.8. The minimum Gasteiger partial charge on any atom is -0.466 e. The van der Waals surface area contributed by atoms with E-state index in [2.05, 4.69) is 23.1 Å². The predicted molar refractivity (Wildman–Crippen MR) is 95.9 cm³/mol. The third-order valence-corrected chi connectivity index (χ3v) is 5.65. The van der Waals surface area contributed by atoms with E-state index in [4.69, 9.17) is 9.47 Å². The normalized spacial score (nSPS) is 25.3. The molecule has 0 aromatic carbocycles. The summed E-state index contributed by atoms with van der Waals surface area (Å²) < 4.78 is 11.2. The van der Waals surface area contributed by atoms with Gasteiger partial charge in [-0.3, -0.25) is 4.90 Å². The van der Waals surface area contributed by atoms with Crippen LogP contribution in [0.25, 0.3) is 0 Å². The Labute approximate surface area is 145 Å². The zero-order valence-electron chi connectivity index (χ0n) is 14.4. The number of rotatable bonds is 4. The molecule has 0 saturated heterocycles. The van der Waals surface area contributed by atoms with Crippen LogP contribution in [0.1, 0.15) is 51.4 Å². The number of ether oxygens (including phenoxy) is 2. The molecule has 3 heteroatoms. The molecule has 2 heterocycles. The Morgan fingerprint density at radius 1 is 1.04 bits per heavy atom. The summed E-state index contributed by atoms with van der Waals surface area (Å²) in [6.07, 6.45) is 21.7. The van der Waals surface area contributed by atoms with Gasteiger partial charge in [0.15, 0.2) is 5.76 Å². The topological polar surface area (TPSA) is 21.7 Å². The zero-order chi connectivity index (χ0) is 16.2. The van der Waals surface area contributed by atoms with E-state index in [0.29, 0.717) is 0 Å². The molecule has 128 valence electrons. The summed E-state index contributed by atoms with van der Waals surface area (Å²) in [5, 5.41) is 0. The van der Waals surface area contributed by atoms with E-state index in [-0.39, 0.29) is 6.04 Å². The van der Waals surface area contributed by atoms with Crippen molar-refractivity contribution in [3.8, 4) is 0 Å². The lowest BCUT2D eigenvalue weighted by molar-refractivity contribution is 0.144. The van der Waals surface area contributed by atoms with Gasteiger partial charge in [-0.25, -0.2) is 0 Å². The highest BCUT2D eigenvalue weighted by Crippen LogP contribution is 2.34. The summed E-state index contributed by atoms with van der Waals surface area (Å²) in [6, 6.07) is 0.281. The number of hydrogen-bond donors (Lipinski definition) is 0. The van der Waals surface area contributed by atoms with Crippen LogP contribution in [0.5, 0.6) is 0 Å². The third kappa shape index (κ3) is 3.51. The van der Waals surface area contributed by atoms with E-state index in [1.165, 1.54) is 44.1 Å². The Balaban J connectivity index is 1.53. The summed E-state index contributed by atoms with van der Waals surface area (Å²) in [5.41, 5.74) is 4.96. The van der Waals surface area contributed by atoms with Crippen LogP contribution in [0.3, 0.4) is 0 Å². The van der Waals surface area contributed by atoms with Crippen LogP contribution in [0.4, 0.5) is 0 Å². The van der Waals surface area contributed by atoms with Crippen molar-refractivity contribution in [1.29, 1.82) is 0 Å². The molecule has 0 radical (unpaired) electrons. The molecule has 0 aromatic rings. The van der Waals surface area contributed by atoms with Crippen molar-refractivity contribution in [3.63, 3.8) is 0 Å². The molecule has 1 unspecified atom stereocenters. The van der Waals surface area contributed by atoms with Crippen molar-refractivity contribution in [2.45, 2.75) is 57.4 Å². The van der Waals surface area contributed by atoms with Gasteiger partial charge in [0.05, 0.1) is 6.04 Å². The maximum atomic E-state index is 5.82. The van der Waals surface area contributed by atoms with Crippen molar-refractivity contribution in [3.05, 3.63) is 59.5 Å². The summed E-state index contributed by atoms with van der Waals surface area (Å²) in [5.74, 6) is 0.952. The molecule has 0 spiro atoms. The molecule has 4 aliphatic rings. The molecule has 0 saturated carbocycles. The molecule has 0 aromatic heterocycles. The molecule has 0 bridgehead atoms. The second-order valence-electron chi connectivity index (χ2n) is 7.19. The van der Waals surface area contributed by atoms with Gasteiger partial charge in [0, 0.05) is 13.1 Å². The van der Waals surface area contributed by atoms with Gasteiger partial charge in [0.2, 0.25) is 0 Å². The molecule has 0 amide bonds. The molecule has 0 fully saturated rings. The van der Waals surface area contributed by atoms with Gasteiger partial charge in [-0.15, -0.1) is 0 Å². The second-order valence-corrected chi connectivity index (χ2v) is 7.19. The van der Waals surface area contributed by atoms with Crippen molar-refractivity contribution in [2.24, 2.45) is 0 Å². The van der Waals surface area contributed by atoms with Crippen LogP contribution in [-0.4, -0.2) is 24.0 Å². The smallest absolute Gasteiger partial charge is 0.156 e. The Kier molecular flexibility index (Phi) is 4.88. The largest absolute Gasteiger partial charge is 0.466 e. The number of hydrogen-bond acceptors (Lipinski definition) is 3. The van der Waals surface area contributed by atoms with Crippen LogP contribution >= 0.6 is 0 Å². The van der Waals surface area contributed by atoms with Crippen LogP contribution in [-0.2, 0) is 9.47 Å². The highest BCUT2D eigenvalue weighted by atomic mass is 16.5. The standard InChI is InChI=1S/C21H27NO2/c1-2-6-17(7-3-1)14-20(21-16-23-12-13-24-21)22-11-10-18-8-4-5-9-19(18)15-22/h1-2,6,12-13,16,20H,3-5,7-11,14-15H2. The number of allylic oxidation sites excluding steroid dienone is 3. The Hall–Kier alpha value is -1.74. The SMILES string of the molecule is C1=CCCC(CC(C2=COC=CO2)N2CCC3=C(CCCC3)C2)=C1. The van der Waals surface area contributed by atoms with Gasteiger partial charge in [-0.1, -0.05) is 34.9 Å². The fraction of sp³-hybridized carbons (Fsp3) is 0.524. The molecule has 2 aliphatic heterocycles. The molecule has 0 N–H and O–H groups in total. The van der Waals surface area contributed by atoms with Gasteiger partial charge in [0.25, 0.3) is 0 Å². The minimum absolute atomic E-state index is 0.281. The van der Waals surface area contributed by atoms with Gasteiger partial charge in [0.1, 0.15) is 18.8 Å². The Bertz CT molecular complexity index is 624. The lowest BCUT2D eigenvalue weighted by atomic mass is 9.86.